The highest BCUT2D eigenvalue weighted by molar-refractivity contribution is 5.88. The molecule has 132 valence electrons. The largest absolute Gasteiger partial charge is 0.466 e. The van der Waals surface area contributed by atoms with Crippen molar-refractivity contribution in [3.05, 3.63) is 35.5 Å². The third-order valence-corrected chi connectivity index (χ3v) is 3.74. The van der Waals surface area contributed by atoms with Crippen LogP contribution < -0.4 is 10.6 Å². The topological polar surface area (TPSA) is 92.3 Å². The highest BCUT2D eigenvalue weighted by Crippen LogP contribution is 2.26. The molecule has 2 aromatic rings. The smallest absolute Gasteiger partial charge is 0.319 e. The summed E-state index contributed by atoms with van der Waals surface area (Å²) < 4.78 is 7.21. The second-order valence-corrected chi connectivity index (χ2v) is 7.25. The molecule has 0 saturated heterocycles. The van der Waals surface area contributed by atoms with Crippen LogP contribution in [-0.4, -0.2) is 27.5 Å². The Morgan fingerprint density at radius 2 is 2.00 bits per heavy atom. The summed E-state index contributed by atoms with van der Waals surface area (Å²) in [7, 11) is 0. The van der Waals surface area contributed by atoms with Gasteiger partial charge in [0, 0.05) is 11.8 Å². The molecule has 2 heterocycles. The number of aryl methyl sites for hydroxylation is 2. The summed E-state index contributed by atoms with van der Waals surface area (Å²) in [5.41, 5.74) is -0.107. The van der Waals surface area contributed by atoms with E-state index < -0.39 is 11.6 Å². The molecule has 7 heteroatoms. The Bertz CT molecular complexity index is 723. The van der Waals surface area contributed by atoms with Gasteiger partial charge in [-0.3, -0.25) is 4.68 Å². The average molecular weight is 334 g/mol. The fourth-order valence-corrected chi connectivity index (χ4v) is 2.44. The van der Waals surface area contributed by atoms with Gasteiger partial charge < -0.3 is 20.2 Å². The zero-order chi connectivity index (χ0) is 18.1. The summed E-state index contributed by atoms with van der Waals surface area (Å²) in [5, 5.41) is 20.2. The van der Waals surface area contributed by atoms with E-state index in [9.17, 15) is 9.90 Å². The molecule has 0 fully saturated rings. The Morgan fingerprint density at radius 3 is 2.50 bits per heavy atom. The monoisotopic (exact) mass is 334 g/mol. The second kappa shape index (κ2) is 6.32. The van der Waals surface area contributed by atoms with Gasteiger partial charge in [0.2, 0.25) is 0 Å². The van der Waals surface area contributed by atoms with Crippen molar-refractivity contribution in [2.75, 3.05) is 11.9 Å². The Hall–Kier alpha value is -2.28. The molecule has 0 aliphatic heterocycles. The third-order valence-electron chi connectivity index (χ3n) is 3.74. The summed E-state index contributed by atoms with van der Waals surface area (Å²) in [5.74, 6) is 1.37. The summed E-state index contributed by atoms with van der Waals surface area (Å²) >= 11 is 0. The van der Waals surface area contributed by atoms with Crippen LogP contribution >= 0.6 is 0 Å². The zero-order valence-corrected chi connectivity index (χ0v) is 15.1. The molecule has 0 bridgehead atoms. The van der Waals surface area contributed by atoms with Gasteiger partial charge in [0.1, 0.15) is 17.1 Å². The molecular formula is C17H26N4O3. The van der Waals surface area contributed by atoms with E-state index in [2.05, 4.69) is 15.7 Å². The molecule has 3 N–H and O–H groups in total. The van der Waals surface area contributed by atoms with Gasteiger partial charge in [-0.25, -0.2) is 4.79 Å². The van der Waals surface area contributed by atoms with E-state index in [0.29, 0.717) is 17.0 Å². The number of urea groups is 1. The number of anilines is 1. The molecule has 2 amide bonds. The number of aliphatic hydroxyl groups is 1. The lowest BCUT2D eigenvalue weighted by Crippen LogP contribution is -2.40. The molecular weight excluding hydrogens is 308 g/mol. The number of carbonyl (C=O) groups excluding carboxylic acids is 1. The number of rotatable bonds is 4. The van der Waals surface area contributed by atoms with E-state index in [4.69, 9.17) is 4.42 Å². The van der Waals surface area contributed by atoms with Crippen LogP contribution in [0.1, 0.15) is 44.8 Å². The number of hydrogen-bond donors (Lipinski definition) is 3. The van der Waals surface area contributed by atoms with Crippen LogP contribution in [0.5, 0.6) is 0 Å². The Kier molecular flexibility index (Phi) is 4.75. The maximum Gasteiger partial charge on any atom is 0.319 e. The van der Waals surface area contributed by atoms with E-state index >= 15 is 0 Å². The van der Waals surface area contributed by atoms with Gasteiger partial charge in [-0.15, -0.1) is 0 Å². The molecule has 0 aliphatic carbocycles. The fourth-order valence-electron chi connectivity index (χ4n) is 2.44. The first-order valence-corrected chi connectivity index (χ1v) is 7.89. The van der Waals surface area contributed by atoms with E-state index in [0.717, 1.165) is 5.76 Å². The van der Waals surface area contributed by atoms with E-state index in [-0.39, 0.29) is 12.1 Å². The van der Waals surface area contributed by atoms with Crippen molar-refractivity contribution in [2.24, 2.45) is 0 Å². The molecule has 0 saturated carbocycles. The van der Waals surface area contributed by atoms with Crippen LogP contribution in [0.4, 0.5) is 10.5 Å². The predicted molar refractivity (Wildman–Crippen MR) is 92.0 cm³/mol. The fraction of sp³-hybridized carbons (Fsp3) is 0.529. The number of nitrogens with one attached hydrogen (secondary N) is 2. The standard InChI is InChI=1S/C17H26N4O3/c1-11-7-14(12(2)24-11)17(6,23)10-18-15(22)20-13-8-19-21(9-13)16(3,4)5/h7-9,23H,10H2,1-6H3,(H2,18,20,22). The van der Waals surface area contributed by atoms with Crippen molar-refractivity contribution in [2.45, 2.75) is 52.7 Å². The molecule has 0 spiro atoms. The Balaban J connectivity index is 1.95. The highest BCUT2D eigenvalue weighted by atomic mass is 16.3. The minimum atomic E-state index is -1.21. The summed E-state index contributed by atoms with van der Waals surface area (Å²) in [6, 6.07) is 1.38. The van der Waals surface area contributed by atoms with Crippen molar-refractivity contribution in [3.63, 3.8) is 0 Å². The first-order chi connectivity index (χ1) is 11.0. The highest BCUT2D eigenvalue weighted by Gasteiger charge is 2.28. The van der Waals surface area contributed by atoms with Gasteiger partial charge in [0.05, 0.1) is 24.0 Å². The number of hydrogen-bond acceptors (Lipinski definition) is 4. The van der Waals surface area contributed by atoms with Gasteiger partial charge in [0.15, 0.2) is 0 Å². The van der Waals surface area contributed by atoms with Crippen molar-refractivity contribution < 1.29 is 14.3 Å². The van der Waals surface area contributed by atoms with Gasteiger partial charge in [0.25, 0.3) is 0 Å². The van der Waals surface area contributed by atoms with Crippen molar-refractivity contribution in [3.8, 4) is 0 Å². The Morgan fingerprint density at radius 1 is 1.33 bits per heavy atom. The second-order valence-electron chi connectivity index (χ2n) is 7.25. The summed E-state index contributed by atoms with van der Waals surface area (Å²) in [4.78, 5) is 12.0. The maximum absolute atomic E-state index is 12.0. The minimum absolute atomic E-state index is 0.0616. The molecule has 24 heavy (non-hydrogen) atoms. The van der Waals surface area contributed by atoms with Crippen LogP contribution in [0.15, 0.2) is 22.9 Å². The average Bonchev–Trinajstić information content (AvgIpc) is 3.03. The van der Waals surface area contributed by atoms with E-state index in [1.165, 1.54) is 0 Å². The molecule has 0 radical (unpaired) electrons. The van der Waals surface area contributed by atoms with E-state index in [1.54, 1.807) is 37.0 Å². The molecule has 2 aromatic heterocycles. The SMILES string of the molecule is Cc1cc(C(C)(O)CNC(=O)Nc2cnn(C(C)(C)C)c2)c(C)o1. The number of carbonyl (C=O) groups is 1. The summed E-state index contributed by atoms with van der Waals surface area (Å²) in [6.07, 6.45) is 3.36. The third kappa shape index (κ3) is 4.17. The molecule has 1 unspecified atom stereocenters. The van der Waals surface area contributed by atoms with Crippen LogP contribution in [0.3, 0.4) is 0 Å². The van der Waals surface area contributed by atoms with Gasteiger partial charge >= 0.3 is 6.03 Å². The molecule has 7 nitrogen and oxygen atoms in total. The lowest BCUT2D eigenvalue weighted by Gasteiger charge is -2.23. The lowest BCUT2D eigenvalue weighted by molar-refractivity contribution is 0.0584. The summed E-state index contributed by atoms with van der Waals surface area (Å²) in [6.45, 7) is 11.4. The van der Waals surface area contributed by atoms with Crippen molar-refractivity contribution in [1.29, 1.82) is 0 Å². The van der Waals surface area contributed by atoms with Crippen molar-refractivity contribution in [1.82, 2.24) is 15.1 Å². The minimum Gasteiger partial charge on any atom is -0.466 e. The predicted octanol–water partition coefficient (Wildman–Crippen LogP) is 2.88. The molecule has 2 rings (SSSR count). The van der Waals surface area contributed by atoms with Gasteiger partial charge in [-0.2, -0.15) is 5.10 Å². The number of aromatic nitrogens is 2. The Labute approximate surface area is 142 Å². The maximum atomic E-state index is 12.0. The number of amides is 2. The van der Waals surface area contributed by atoms with Crippen LogP contribution in [-0.2, 0) is 11.1 Å². The lowest BCUT2D eigenvalue weighted by atomic mass is 9.96. The van der Waals surface area contributed by atoms with Gasteiger partial charge in [-0.05, 0) is 47.6 Å². The van der Waals surface area contributed by atoms with Gasteiger partial charge in [-0.1, -0.05) is 0 Å². The van der Waals surface area contributed by atoms with Crippen LogP contribution in [0.2, 0.25) is 0 Å². The molecule has 0 aromatic carbocycles. The van der Waals surface area contributed by atoms with E-state index in [1.807, 2.05) is 27.7 Å². The zero-order valence-electron chi connectivity index (χ0n) is 15.1. The molecule has 1 atom stereocenters. The van der Waals surface area contributed by atoms with Crippen molar-refractivity contribution >= 4 is 11.7 Å². The normalized spacial score (nSPS) is 14.3. The van der Waals surface area contributed by atoms with Crippen LogP contribution in [0, 0.1) is 13.8 Å². The number of furan rings is 1. The molecule has 0 aliphatic rings. The van der Waals surface area contributed by atoms with Crippen LogP contribution in [0.25, 0.3) is 0 Å². The first-order valence-electron chi connectivity index (χ1n) is 7.89. The number of nitrogens with zero attached hydrogens (tertiary/aromatic N) is 2. The first kappa shape index (κ1) is 18.1. The quantitative estimate of drug-likeness (QED) is 0.801.